The van der Waals surface area contributed by atoms with Crippen LogP contribution in [0.4, 0.5) is 5.69 Å². The SMILES string of the molecule is CCc1ccccc1N(CC(=O)N(Cc1ccccc1)C(Cc1ccccc1)C(=O)NC)S(C)(=O)=O. The zero-order valence-electron chi connectivity index (χ0n) is 20.9. The summed E-state index contributed by atoms with van der Waals surface area (Å²) in [5.41, 5.74) is 3.02. The maximum absolute atomic E-state index is 13.9. The lowest BCUT2D eigenvalue weighted by molar-refractivity contribution is -0.139. The second-order valence-corrected chi connectivity index (χ2v) is 10.5. The van der Waals surface area contributed by atoms with Crippen molar-refractivity contribution >= 4 is 27.5 Å². The molecule has 0 radical (unpaired) electrons. The Kier molecular flexibility index (Phi) is 9.25. The van der Waals surface area contributed by atoms with Crippen LogP contribution < -0.4 is 9.62 Å². The number of para-hydroxylation sites is 1. The molecule has 0 saturated carbocycles. The Balaban J connectivity index is 2.03. The molecule has 1 unspecified atom stereocenters. The fourth-order valence-electron chi connectivity index (χ4n) is 4.15. The summed E-state index contributed by atoms with van der Waals surface area (Å²) in [6.07, 6.45) is 2.00. The van der Waals surface area contributed by atoms with Crippen molar-refractivity contribution in [2.45, 2.75) is 32.4 Å². The van der Waals surface area contributed by atoms with Gasteiger partial charge >= 0.3 is 0 Å². The van der Waals surface area contributed by atoms with E-state index in [-0.39, 0.29) is 12.5 Å². The predicted molar refractivity (Wildman–Crippen MR) is 143 cm³/mol. The fraction of sp³-hybridized carbons (Fsp3) is 0.286. The van der Waals surface area contributed by atoms with Crippen molar-refractivity contribution in [3.63, 3.8) is 0 Å². The molecule has 0 spiro atoms. The highest BCUT2D eigenvalue weighted by Crippen LogP contribution is 2.24. The number of nitrogens with zero attached hydrogens (tertiary/aromatic N) is 2. The first-order chi connectivity index (χ1) is 17.2. The highest BCUT2D eigenvalue weighted by atomic mass is 32.2. The molecule has 190 valence electrons. The van der Waals surface area contributed by atoms with Crippen LogP contribution >= 0.6 is 0 Å². The monoisotopic (exact) mass is 507 g/mol. The van der Waals surface area contributed by atoms with Crippen LogP contribution in [0.25, 0.3) is 0 Å². The standard InChI is InChI=1S/C28H33N3O4S/c1-4-24-17-11-12-18-25(24)31(36(3,34)35)21-27(32)30(20-23-15-9-6-10-16-23)26(28(33)29-2)19-22-13-7-5-8-14-22/h5-18,26H,4,19-21H2,1-3H3,(H,29,33). The minimum absolute atomic E-state index is 0.164. The minimum atomic E-state index is -3.78. The molecule has 3 aromatic carbocycles. The summed E-state index contributed by atoms with van der Waals surface area (Å²) in [5, 5.41) is 2.68. The van der Waals surface area contributed by atoms with Crippen molar-refractivity contribution in [2.24, 2.45) is 0 Å². The van der Waals surface area contributed by atoms with Crippen LogP contribution in [0.2, 0.25) is 0 Å². The number of nitrogens with one attached hydrogen (secondary N) is 1. The Morgan fingerprint density at radius 1 is 0.861 bits per heavy atom. The van der Waals surface area contributed by atoms with Gasteiger partial charge in [-0.05, 0) is 29.2 Å². The number of sulfonamides is 1. The van der Waals surface area contributed by atoms with Crippen LogP contribution in [0, 0.1) is 0 Å². The molecule has 0 fully saturated rings. The van der Waals surface area contributed by atoms with E-state index in [0.29, 0.717) is 18.5 Å². The summed E-state index contributed by atoms with van der Waals surface area (Å²) in [7, 11) is -2.24. The zero-order valence-corrected chi connectivity index (χ0v) is 21.7. The van der Waals surface area contributed by atoms with Crippen molar-refractivity contribution in [1.29, 1.82) is 0 Å². The molecule has 36 heavy (non-hydrogen) atoms. The van der Waals surface area contributed by atoms with Gasteiger partial charge in [0, 0.05) is 20.0 Å². The Bertz CT molecular complexity index is 1260. The van der Waals surface area contributed by atoms with Crippen molar-refractivity contribution < 1.29 is 18.0 Å². The van der Waals surface area contributed by atoms with Gasteiger partial charge in [-0.15, -0.1) is 0 Å². The molecule has 3 aromatic rings. The van der Waals surface area contributed by atoms with Gasteiger partial charge in [-0.25, -0.2) is 8.42 Å². The summed E-state index contributed by atoms with van der Waals surface area (Å²) in [5.74, 6) is -0.775. The van der Waals surface area contributed by atoms with Crippen molar-refractivity contribution in [3.8, 4) is 0 Å². The number of carbonyl (C=O) groups excluding carboxylic acids is 2. The van der Waals surface area contributed by atoms with Gasteiger partial charge in [-0.1, -0.05) is 85.8 Å². The number of hydrogen-bond donors (Lipinski definition) is 1. The quantitative estimate of drug-likeness (QED) is 0.431. The number of benzene rings is 3. The van der Waals surface area contributed by atoms with E-state index in [9.17, 15) is 18.0 Å². The molecule has 8 heteroatoms. The summed E-state index contributed by atoms with van der Waals surface area (Å²) in [6.45, 7) is 1.69. The van der Waals surface area contributed by atoms with Crippen LogP contribution in [0.15, 0.2) is 84.9 Å². The van der Waals surface area contributed by atoms with E-state index in [1.165, 1.54) is 11.9 Å². The largest absolute Gasteiger partial charge is 0.357 e. The fourth-order valence-corrected chi connectivity index (χ4v) is 5.03. The molecule has 0 saturated heterocycles. The molecular weight excluding hydrogens is 474 g/mol. The van der Waals surface area contributed by atoms with E-state index in [2.05, 4.69) is 5.32 Å². The lowest BCUT2D eigenvalue weighted by Gasteiger charge is -2.33. The molecule has 0 aliphatic rings. The number of amides is 2. The maximum atomic E-state index is 13.9. The number of hydrogen-bond acceptors (Lipinski definition) is 4. The number of rotatable bonds is 11. The van der Waals surface area contributed by atoms with Gasteiger partial charge in [0.2, 0.25) is 21.8 Å². The summed E-state index contributed by atoms with van der Waals surface area (Å²) < 4.78 is 26.8. The van der Waals surface area contributed by atoms with E-state index >= 15 is 0 Å². The highest BCUT2D eigenvalue weighted by molar-refractivity contribution is 7.92. The molecule has 1 atom stereocenters. The van der Waals surface area contributed by atoms with Crippen molar-refractivity contribution in [1.82, 2.24) is 10.2 Å². The molecule has 7 nitrogen and oxygen atoms in total. The van der Waals surface area contributed by atoms with E-state index < -0.39 is 28.5 Å². The smallest absolute Gasteiger partial charge is 0.244 e. The number of carbonyl (C=O) groups is 2. The van der Waals surface area contributed by atoms with Crippen molar-refractivity contribution in [2.75, 3.05) is 24.2 Å². The van der Waals surface area contributed by atoms with Gasteiger partial charge in [0.05, 0.1) is 11.9 Å². The van der Waals surface area contributed by atoms with Crippen molar-refractivity contribution in [3.05, 3.63) is 102 Å². The normalized spacial score (nSPS) is 12.0. The first-order valence-corrected chi connectivity index (χ1v) is 13.7. The first kappa shape index (κ1) is 26.9. The molecular formula is C28H33N3O4S. The van der Waals surface area contributed by atoms with Crippen LogP contribution in [0.1, 0.15) is 23.6 Å². The molecule has 0 heterocycles. The highest BCUT2D eigenvalue weighted by Gasteiger charge is 2.32. The van der Waals surface area contributed by atoms with E-state index in [0.717, 1.165) is 27.3 Å². The van der Waals surface area contributed by atoms with E-state index in [4.69, 9.17) is 0 Å². The number of anilines is 1. The second kappa shape index (κ2) is 12.4. The topological polar surface area (TPSA) is 86.8 Å². The van der Waals surface area contributed by atoms with Gasteiger partial charge in [-0.2, -0.15) is 0 Å². The lowest BCUT2D eigenvalue weighted by atomic mass is 10.0. The van der Waals surface area contributed by atoms with Gasteiger partial charge in [-0.3, -0.25) is 13.9 Å². The molecule has 1 N–H and O–H groups in total. The van der Waals surface area contributed by atoms with Gasteiger partial charge < -0.3 is 10.2 Å². The Hall–Kier alpha value is -3.65. The third-order valence-corrected chi connectivity index (χ3v) is 7.16. The third kappa shape index (κ3) is 6.95. The molecule has 0 aliphatic carbocycles. The number of likely N-dealkylation sites (N-methyl/N-ethyl adjacent to an activating group) is 1. The van der Waals surface area contributed by atoms with Crippen LogP contribution in [0.3, 0.4) is 0 Å². The van der Waals surface area contributed by atoms with E-state index in [1.54, 1.807) is 12.1 Å². The summed E-state index contributed by atoms with van der Waals surface area (Å²) >= 11 is 0. The minimum Gasteiger partial charge on any atom is -0.357 e. The molecule has 2 amide bonds. The average Bonchev–Trinajstić information content (AvgIpc) is 2.89. The molecule has 0 bridgehead atoms. The van der Waals surface area contributed by atoms with E-state index in [1.807, 2.05) is 79.7 Å². The maximum Gasteiger partial charge on any atom is 0.244 e. The van der Waals surface area contributed by atoms with Crippen LogP contribution in [-0.4, -0.2) is 51.0 Å². The lowest BCUT2D eigenvalue weighted by Crippen LogP contribution is -2.53. The molecule has 0 aromatic heterocycles. The molecule has 3 rings (SSSR count). The Morgan fingerprint density at radius 2 is 1.42 bits per heavy atom. The summed E-state index contributed by atoms with van der Waals surface area (Å²) in [6, 6.07) is 25.1. The Morgan fingerprint density at radius 3 is 1.97 bits per heavy atom. The van der Waals surface area contributed by atoms with Crippen LogP contribution in [0.5, 0.6) is 0 Å². The summed E-state index contributed by atoms with van der Waals surface area (Å²) in [4.78, 5) is 28.4. The van der Waals surface area contributed by atoms with Gasteiger partial charge in [0.25, 0.3) is 0 Å². The Labute approximate surface area is 213 Å². The first-order valence-electron chi connectivity index (χ1n) is 11.9. The number of aryl methyl sites for hydroxylation is 1. The molecule has 0 aliphatic heterocycles. The second-order valence-electron chi connectivity index (χ2n) is 8.58. The van der Waals surface area contributed by atoms with Gasteiger partial charge in [0.15, 0.2) is 0 Å². The zero-order chi connectivity index (χ0) is 26.1. The van der Waals surface area contributed by atoms with Crippen LogP contribution in [-0.2, 0) is 39.0 Å². The third-order valence-electron chi connectivity index (χ3n) is 6.03. The predicted octanol–water partition coefficient (Wildman–Crippen LogP) is 3.40. The average molecular weight is 508 g/mol. The van der Waals surface area contributed by atoms with Gasteiger partial charge in [0.1, 0.15) is 12.6 Å².